The minimum absolute atomic E-state index is 0.0179. The van der Waals surface area contributed by atoms with Crippen LogP contribution in [0.15, 0.2) is 18.2 Å². The second-order valence-corrected chi connectivity index (χ2v) is 3.78. The highest BCUT2D eigenvalue weighted by atomic mass is 16.5. The predicted octanol–water partition coefficient (Wildman–Crippen LogP) is 0.436. The second kappa shape index (κ2) is 8.04. The Hall–Kier alpha value is -2.37. The zero-order valence-electron chi connectivity index (χ0n) is 11.2. The largest absolute Gasteiger partial charge is 0.462 e. The van der Waals surface area contributed by atoms with Crippen molar-refractivity contribution in [3.63, 3.8) is 0 Å². The van der Waals surface area contributed by atoms with Crippen LogP contribution in [0.1, 0.15) is 31.1 Å². The fraction of sp³-hybridized carbons (Fsp3) is 0.200. The normalized spacial score (nSPS) is 9.86. The van der Waals surface area contributed by atoms with Gasteiger partial charge in [-0.05, 0) is 32.0 Å². The first-order chi connectivity index (χ1) is 10.0. The highest BCUT2D eigenvalue weighted by Gasteiger charge is 2.20. The molecule has 0 fully saturated rings. The van der Waals surface area contributed by atoms with Crippen LogP contribution in [0.2, 0.25) is 0 Å². The third-order valence-corrected chi connectivity index (χ3v) is 2.49. The number of carbonyl (C=O) groups excluding carboxylic acids is 3. The minimum atomic E-state index is -0.773. The molecule has 0 aliphatic heterocycles. The van der Waals surface area contributed by atoms with Gasteiger partial charge in [-0.15, -0.1) is 0 Å². The van der Waals surface area contributed by atoms with Gasteiger partial charge >= 0.3 is 5.97 Å². The lowest BCUT2D eigenvalue weighted by Crippen LogP contribution is -2.27. The standard InChI is InChI=1S/C15H14N2O4/c1-4-16-13(18)10-7-8-11(15(20)21-6-3)12(9-10)14(19)17-5-2/h1-3,7-9H,4-6H2,(H,16,18)(H,17,19). The number of esters is 1. The molecule has 0 spiro atoms. The van der Waals surface area contributed by atoms with E-state index in [4.69, 9.17) is 20.8 Å². The van der Waals surface area contributed by atoms with E-state index in [1.165, 1.54) is 18.2 Å². The molecule has 21 heavy (non-hydrogen) atoms. The van der Waals surface area contributed by atoms with E-state index < -0.39 is 17.8 Å². The van der Waals surface area contributed by atoms with Crippen LogP contribution < -0.4 is 10.6 Å². The molecule has 1 rings (SSSR count). The second-order valence-electron chi connectivity index (χ2n) is 3.78. The maximum absolute atomic E-state index is 11.9. The van der Waals surface area contributed by atoms with Gasteiger partial charge in [-0.25, -0.2) is 4.79 Å². The topological polar surface area (TPSA) is 84.5 Å². The van der Waals surface area contributed by atoms with Crippen molar-refractivity contribution in [1.82, 2.24) is 10.6 Å². The zero-order chi connectivity index (χ0) is 15.8. The van der Waals surface area contributed by atoms with Gasteiger partial charge in [-0.3, -0.25) is 9.59 Å². The third-order valence-electron chi connectivity index (χ3n) is 2.49. The van der Waals surface area contributed by atoms with E-state index in [1.807, 2.05) is 0 Å². The van der Waals surface area contributed by atoms with Crippen LogP contribution in [0.5, 0.6) is 0 Å². The number of rotatable bonds is 6. The van der Waals surface area contributed by atoms with E-state index in [-0.39, 0.29) is 36.4 Å². The van der Waals surface area contributed by atoms with Gasteiger partial charge in [0.05, 0.1) is 17.7 Å². The first-order valence-electron chi connectivity index (χ1n) is 6.03. The van der Waals surface area contributed by atoms with E-state index in [0.717, 1.165) is 0 Å². The quantitative estimate of drug-likeness (QED) is 0.743. The highest BCUT2D eigenvalue weighted by molar-refractivity contribution is 6.07. The van der Waals surface area contributed by atoms with Gasteiger partial charge in [0.15, 0.2) is 0 Å². The maximum Gasteiger partial charge on any atom is 0.338 e. The Labute approximate surface area is 123 Å². The molecule has 0 bridgehead atoms. The van der Waals surface area contributed by atoms with Crippen LogP contribution in [-0.2, 0) is 4.74 Å². The van der Waals surface area contributed by atoms with Gasteiger partial charge in [-0.2, -0.15) is 0 Å². The van der Waals surface area contributed by atoms with Crippen molar-refractivity contribution < 1.29 is 19.1 Å². The van der Waals surface area contributed by atoms with Crippen LogP contribution >= 0.6 is 0 Å². The molecule has 1 aromatic carbocycles. The fourth-order valence-electron chi connectivity index (χ4n) is 1.59. The Bertz CT molecular complexity index is 540. The summed E-state index contributed by atoms with van der Waals surface area (Å²) in [6.45, 7) is 15.1. The maximum atomic E-state index is 11.9. The van der Waals surface area contributed by atoms with Gasteiger partial charge in [0.1, 0.15) is 0 Å². The van der Waals surface area contributed by atoms with Gasteiger partial charge in [-0.1, -0.05) is 0 Å². The van der Waals surface area contributed by atoms with Gasteiger partial charge in [0.2, 0.25) is 0 Å². The molecule has 6 radical (unpaired) electrons. The van der Waals surface area contributed by atoms with E-state index in [9.17, 15) is 14.4 Å². The van der Waals surface area contributed by atoms with Crippen molar-refractivity contribution in [2.24, 2.45) is 0 Å². The monoisotopic (exact) mass is 286 g/mol. The molecule has 0 aliphatic carbocycles. The number of carbonyl (C=O) groups is 3. The molecule has 0 aliphatic rings. The van der Waals surface area contributed by atoms with Crippen molar-refractivity contribution in [2.75, 3.05) is 19.7 Å². The summed E-state index contributed by atoms with van der Waals surface area (Å²) < 4.78 is 4.65. The molecule has 0 unspecified atom stereocenters. The SMILES string of the molecule is [CH]CNC(=O)c1ccc(C(=O)OC[CH])c(C(=O)NC[CH])c1. The van der Waals surface area contributed by atoms with E-state index in [2.05, 4.69) is 15.4 Å². The molecule has 2 N–H and O–H groups in total. The number of nitrogens with one attached hydrogen (secondary N) is 2. The predicted molar refractivity (Wildman–Crippen MR) is 74.3 cm³/mol. The fourth-order valence-corrected chi connectivity index (χ4v) is 1.59. The molecule has 6 heteroatoms. The van der Waals surface area contributed by atoms with Crippen LogP contribution in [0.3, 0.4) is 0 Å². The van der Waals surface area contributed by atoms with Crippen LogP contribution in [0.25, 0.3) is 0 Å². The molecule has 0 saturated carbocycles. The average molecular weight is 286 g/mol. The smallest absolute Gasteiger partial charge is 0.338 e. The molecule has 1 aromatic rings. The first-order valence-corrected chi connectivity index (χ1v) is 6.03. The summed E-state index contributed by atoms with van der Waals surface area (Å²) in [4.78, 5) is 35.4. The summed E-state index contributed by atoms with van der Waals surface area (Å²) in [5, 5.41) is 4.72. The Morgan fingerprint density at radius 1 is 0.952 bits per heavy atom. The molecule has 2 amide bonds. The summed E-state index contributed by atoms with van der Waals surface area (Å²) in [7, 11) is 0. The Morgan fingerprint density at radius 2 is 1.57 bits per heavy atom. The van der Waals surface area contributed by atoms with E-state index >= 15 is 0 Å². The lowest BCUT2D eigenvalue weighted by molar-refractivity contribution is 0.0543. The molecule has 0 saturated heterocycles. The lowest BCUT2D eigenvalue weighted by atomic mass is 10.0. The van der Waals surface area contributed by atoms with Gasteiger partial charge in [0.25, 0.3) is 11.8 Å². The zero-order valence-corrected chi connectivity index (χ0v) is 11.2. The molecule has 0 heterocycles. The van der Waals surface area contributed by atoms with Crippen molar-refractivity contribution in [2.45, 2.75) is 0 Å². The average Bonchev–Trinajstić information content (AvgIpc) is 2.47. The van der Waals surface area contributed by atoms with E-state index in [1.54, 1.807) is 0 Å². The third kappa shape index (κ3) is 4.30. The lowest BCUT2D eigenvalue weighted by Gasteiger charge is -2.10. The number of hydrogen-bond acceptors (Lipinski definition) is 4. The Morgan fingerprint density at radius 3 is 2.14 bits per heavy atom. The van der Waals surface area contributed by atoms with Crippen molar-refractivity contribution >= 4 is 17.8 Å². The number of benzene rings is 1. The first kappa shape index (κ1) is 16.7. The summed E-state index contributed by atoms with van der Waals surface area (Å²) in [5.41, 5.74) is 0.117. The number of amides is 2. The van der Waals surface area contributed by atoms with Crippen molar-refractivity contribution in [3.05, 3.63) is 55.7 Å². The van der Waals surface area contributed by atoms with Crippen LogP contribution in [-0.4, -0.2) is 37.5 Å². The highest BCUT2D eigenvalue weighted by Crippen LogP contribution is 2.14. The van der Waals surface area contributed by atoms with Gasteiger partial charge < -0.3 is 15.4 Å². The molecule has 6 nitrogen and oxygen atoms in total. The Balaban J connectivity index is 3.22. The molecular weight excluding hydrogens is 272 g/mol. The van der Waals surface area contributed by atoms with Crippen molar-refractivity contribution in [3.8, 4) is 0 Å². The summed E-state index contributed by atoms with van der Waals surface area (Å²) in [5.74, 6) is -1.85. The van der Waals surface area contributed by atoms with Crippen LogP contribution in [0, 0.1) is 20.8 Å². The molecule has 108 valence electrons. The van der Waals surface area contributed by atoms with E-state index in [0.29, 0.717) is 0 Å². The molecule has 0 atom stereocenters. The summed E-state index contributed by atoms with van der Waals surface area (Å²) in [6.07, 6.45) is 0. The van der Waals surface area contributed by atoms with Crippen LogP contribution in [0.4, 0.5) is 0 Å². The number of hydrogen-bond donors (Lipinski definition) is 2. The number of ether oxygens (including phenoxy) is 1. The molecule has 0 aromatic heterocycles. The summed E-state index contributed by atoms with van der Waals surface area (Å²) in [6, 6.07) is 3.93. The molecular formula is C15H14N2O4. The Kier molecular flexibility index (Phi) is 6.39. The summed E-state index contributed by atoms with van der Waals surface area (Å²) >= 11 is 0. The van der Waals surface area contributed by atoms with Gasteiger partial charge in [0, 0.05) is 25.6 Å². The minimum Gasteiger partial charge on any atom is -0.462 e. The van der Waals surface area contributed by atoms with Crippen molar-refractivity contribution in [1.29, 1.82) is 0 Å².